The SMILES string of the molecule is CC(=O)c1cn(C(C)(C)C(=O)N2CC(F)CC2C(=O)NCc2cccc(Cl)c2F)c2ccccc12. The summed E-state index contributed by atoms with van der Waals surface area (Å²) in [5, 5.41) is 3.25. The Hall–Kier alpha value is -3.26. The molecule has 1 fully saturated rings. The normalized spacial score (nSPS) is 18.2. The van der Waals surface area contributed by atoms with E-state index in [0.717, 1.165) is 0 Å². The molecule has 0 radical (unpaired) electrons. The Morgan fingerprint density at radius 2 is 1.86 bits per heavy atom. The molecule has 35 heavy (non-hydrogen) atoms. The molecule has 1 aliphatic heterocycles. The molecule has 184 valence electrons. The van der Waals surface area contributed by atoms with E-state index >= 15 is 0 Å². The minimum absolute atomic E-state index is 0.0659. The summed E-state index contributed by atoms with van der Waals surface area (Å²) in [6, 6.07) is 10.6. The van der Waals surface area contributed by atoms with Crippen LogP contribution in [0.5, 0.6) is 0 Å². The third-order valence-corrected chi connectivity index (χ3v) is 6.81. The average Bonchev–Trinajstić information content (AvgIpc) is 3.41. The topological polar surface area (TPSA) is 71.4 Å². The van der Waals surface area contributed by atoms with Gasteiger partial charge in [-0.15, -0.1) is 0 Å². The Kier molecular flexibility index (Phi) is 6.68. The Labute approximate surface area is 206 Å². The van der Waals surface area contributed by atoms with Gasteiger partial charge in [-0.2, -0.15) is 0 Å². The van der Waals surface area contributed by atoms with Crippen molar-refractivity contribution in [3.8, 4) is 0 Å². The van der Waals surface area contributed by atoms with Crippen molar-refractivity contribution in [3.05, 3.63) is 70.6 Å². The van der Waals surface area contributed by atoms with Gasteiger partial charge in [-0.1, -0.05) is 41.9 Å². The zero-order valence-corrected chi connectivity index (χ0v) is 20.4. The molecule has 3 aromatic rings. The highest BCUT2D eigenvalue weighted by Gasteiger charge is 2.45. The van der Waals surface area contributed by atoms with E-state index in [0.29, 0.717) is 16.5 Å². The van der Waals surface area contributed by atoms with E-state index in [1.807, 2.05) is 24.3 Å². The first kappa shape index (κ1) is 24.9. The number of ketones is 1. The summed E-state index contributed by atoms with van der Waals surface area (Å²) in [5.74, 6) is -1.81. The van der Waals surface area contributed by atoms with Crippen molar-refractivity contribution in [2.24, 2.45) is 0 Å². The quantitative estimate of drug-likeness (QED) is 0.501. The van der Waals surface area contributed by atoms with Gasteiger partial charge in [0, 0.05) is 41.2 Å². The van der Waals surface area contributed by atoms with Gasteiger partial charge in [-0.05, 0) is 32.9 Å². The molecule has 0 aliphatic carbocycles. The van der Waals surface area contributed by atoms with Crippen LogP contribution in [-0.4, -0.2) is 45.8 Å². The van der Waals surface area contributed by atoms with Gasteiger partial charge < -0.3 is 14.8 Å². The number of alkyl halides is 1. The van der Waals surface area contributed by atoms with Gasteiger partial charge in [-0.3, -0.25) is 14.4 Å². The Morgan fingerprint density at radius 1 is 1.14 bits per heavy atom. The molecule has 1 aromatic heterocycles. The van der Waals surface area contributed by atoms with Gasteiger partial charge in [0.1, 0.15) is 23.6 Å². The number of carbonyl (C=O) groups is 3. The van der Waals surface area contributed by atoms with Crippen molar-refractivity contribution in [1.29, 1.82) is 0 Å². The number of benzene rings is 2. The smallest absolute Gasteiger partial charge is 0.249 e. The number of fused-ring (bicyclic) bond motifs is 1. The lowest BCUT2D eigenvalue weighted by Gasteiger charge is -2.34. The number of aromatic nitrogens is 1. The molecule has 2 unspecified atom stereocenters. The largest absolute Gasteiger partial charge is 0.350 e. The van der Waals surface area contributed by atoms with Gasteiger partial charge in [0.25, 0.3) is 0 Å². The molecule has 0 spiro atoms. The average molecular weight is 502 g/mol. The molecule has 4 rings (SSSR count). The molecule has 2 amide bonds. The number of hydrogen-bond acceptors (Lipinski definition) is 3. The Morgan fingerprint density at radius 3 is 2.57 bits per heavy atom. The summed E-state index contributed by atoms with van der Waals surface area (Å²) in [6.07, 6.45) is 0.101. The number of nitrogens with one attached hydrogen (secondary N) is 1. The second-order valence-electron chi connectivity index (χ2n) is 9.28. The molecule has 1 aliphatic rings. The van der Waals surface area contributed by atoms with E-state index in [-0.39, 0.29) is 35.9 Å². The van der Waals surface area contributed by atoms with Crippen molar-refractivity contribution in [2.45, 2.75) is 51.5 Å². The van der Waals surface area contributed by atoms with Crippen molar-refractivity contribution >= 4 is 40.1 Å². The number of hydrogen-bond donors (Lipinski definition) is 1. The summed E-state index contributed by atoms with van der Waals surface area (Å²) < 4.78 is 30.4. The Bertz CT molecular complexity index is 1320. The molecule has 1 N–H and O–H groups in total. The van der Waals surface area contributed by atoms with Crippen LogP contribution in [0.2, 0.25) is 5.02 Å². The zero-order valence-electron chi connectivity index (χ0n) is 19.6. The van der Waals surface area contributed by atoms with Crippen LogP contribution < -0.4 is 5.32 Å². The van der Waals surface area contributed by atoms with E-state index in [1.54, 1.807) is 30.7 Å². The maximum Gasteiger partial charge on any atom is 0.249 e. The monoisotopic (exact) mass is 501 g/mol. The number of amides is 2. The third kappa shape index (κ3) is 4.55. The molecule has 0 bridgehead atoms. The fraction of sp³-hybridized carbons (Fsp3) is 0.346. The van der Waals surface area contributed by atoms with Gasteiger partial charge >= 0.3 is 0 Å². The van der Waals surface area contributed by atoms with E-state index in [2.05, 4.69) is 5.32 Å². The van der Waals surface area contributed by atoms with Crippen LogP contribution in [0, 0.1) is 5.82 Å². The molecule has 6 nitrogen and oxygen atoms in total. The standard InChI is InChI=1S/C26H26ClF2N3O3/c1-15(33)19-14-32(21-10-5-4-8-18(19)21)26(2,3)25(35)31-13-17(28)11-22(31)24(34)30-12-16-7-6-9-20(27)23(16)29/h4-10,14,17,22H,11-13H2,1-3H3,(H,30,34). The minimum Gasteiger partial charge on any atom is -0.350 e. The first-order valence-electron chi connectivity index (χ1n) is 11.3. The number of nitrogens with zero attached hydrogens (tertiary/aromatic N) is 2. The highest BCUT2D eigenvalue weighted by Crippen LogP contribution is 2.32. The summed E-state index contributed by atoms with van der Waals surface area (Å²) >= 11 is 5.80. The molecular weight excluding hydrogens is 476 g/mol. The number of rotatable bonds is 6. The number of Topliss-reactive ketones (excluding diaryl/α,β-unsaturated/α-hetero) is 1. The van der Waals surface area contributed by atoms with Crippen LogP contribution in [0.25, 0.3) is 10.9 Å². The summed E-state index contributed by atoms with van der Waals surface area (Å²) in [5.41, 5.74) is 0.137. The van der Waals surface area contributed by atoms with E-state index in [1.165, 1.54) is 24.0 Å². The van der Waals surface area contributed by atoms with Crippen LogP contribution in [0.3, 0.4) is 0 Å². The van der Waals surface area contributed by atoms with Gasteiger partial charge in [0.05, 0.1) is 11.6 Å². The highest BCUT2D eigenvalue weighted by atomic mass is 35.5. The molecule has 9 heteroatoms. The number of halogens is 3. The summed E-state index contributed by atoms with van der Waals surface area (Å²) in [7, 11) is 0. The third-order valence-electron chi connectivity index (χ3n) is 6.52. The highest BCUT2D eigenvalue weighted by molar-refractivity contribution is 6.30. The van der Waals surface area contributed by atoms with Crippen molar-refractivity contribution in [1.82, 2.24) is 14.8 Å². The second-order valence-corrected chi connectivity index (χ2v) is 9.69. The molecule has 2 aromatic carbocycles. The van der Waals surface area contributed by atoms with Crippen LogP contribution >= 0.6 is 11.6 Å². The van der Waals surface area contributed by atoms with Gasteiger partial charge in [0.15, 0.2) is 5.78 Å². The van der Waals surface area contributed by atoms with Crippen molar-refractivity contribution in [2.75, 3.05) is 6.54 Å². The fourth-order valence-corrected chi connectivity index (χ4v) is 4.81. The van der Waals surface area contributed by atoms with Gasteiger partial charge in [0.2, 0.25) is 11.8 Å². The van der Waals surface area contributed by atoms with Gasteiger partial charge in [-0.25, -0.2) is 8.78 Å². The first-order valence-corrected chi connectivity index (χ1v) is 11.7. The van der Waals surface area contributed by atoms with Crippen LogP contribution in [0.4, 0.5) is 8.78 Å². The first-order chi connectivity index (χ1) is 16.5. The summed E-state index contributed by atoms with van der Waals surface area (Å²) in [6.45, 7) is 4.43. The predicted octanol–water partition coefficient (Wildman–Crippen LogP) is 4.63. The summed E-state index contributed by atoms with van der Waals surface area (Å²) in [4.78, 5) is 40.1. The minimum atomic E-state index is -1.37. The Balaban J connectivity index is 1.60. The maximum absolute atomic E-state index is 14.5. The van der Waals surface area contributed by atoms with Crippen LogP contribution in [-0.2, 0) is 21.7 Å². The lowest BCUT2D eigenvalue weighted by Crippen LogP contribution is -2.52. The molecule has 2 heterocycles. The van der Waals surface area contributed by atoms with Crippen molar-refractivity contribution < 1.29 is 23.2 Å². The van der Waals surface area contributed by atoms with Crippen molar-refractivity contribution in [3.63, 3.8) is 0 Å². The molecule has 1 saturated heterocycles. The zero-order chi connectivity index (χ0) is 25.5. The van der Waals surface area contributed by atoms with Crippen LogP contribution in [0.1, 0.15) is 43.1 Å². The van der Waals surface area contributed by atoms with E-state index in [9.17, 15) is 23.2 Å². The lowest BCUT2D eigenvalue weighted by atomic mass is 10.0. The number of carbonyl (C=O) groups excluding carboxylic acids is 3. The van der Waals surface area contributed by atoms with E-state index in [4.69, 9.17) is 11.6 Å². The number of likely N-dealkylation sites (tertiary alicyclic amines) is 1. The van der Waals surface area contributed by atoms with E-state index < -0.39 is 35.4 Å². The van der Waals surface area contributed by atoms with Crippen LogP contribution in [0.15, 0.2) is 48.7 Å². The fourth-order valence-electron chi connectivity index (χ4n) is 4.62. The maximum atomic E-state index is 14.5. The second kappa shape index (κ2) is 9.41. The lowest BCUT2D eigenvalue weighted by molar-refractivity contribution is -0.144. The molecule has 2 atom stereocenters. The predicted molar refractivity (Wildman–Crippen MR) is 130 cm³/mol. The molecular formula is C26H26ClF2N3O3. The molecule has 0 saturated carbocycles. The number of para-hydroxylation sites is 1.